The fraction of sp³-hybridized carbons (Fsp3) is 0.368. The summed E-state index contributed by atoms with van der Waals surface area (Å²) in [7, 11) is 5.60. The molecule has 0 unspecified atom stereocenters. The molecule has 0 amide bonds. The number of fused-ring (bicyclic) bond motifs is 1. The Labute approximate surface area is 157 Å². The molecule has 0 saturated carbocycles. The average Bonchev–Trinajstić information content (AvgIpc) is 2.71. The third-order valence-electron chi connectivity index (χ3n) is 4.90. The van der Waals surface area contributed by atoms with Crippen molar-refractivity contribution in [3.63, 3.8) is 0 Å². The summed E-state index contributed by atoms with van der Waals surface area (Å²) in [6.45, 7) is 3.53. The van der Waals surface area contributed by atoms with Crippen LogP contribution in [0.1, 0.15) is 0 Å². The van der Waals surface area contributed by atoms with Gasteiger partial charge in [0.15, 0.2) is 0 Å². The maximum absolute atomic E-state index is 12.2. The van der Waals surface area contributed by atoms with Crippen LogP contribution in [0.15, 0.2) is 41.6 Å². The van der Waals surface area contributed by atoms with E-state index in [1.807, 2.05) is 43.3 Å². The maximum atomic E-state index is 12.2. The van der Waals surface area contributed by atoms with Crippen molar-refractivity contribution in [3.8, 4) is 0 Å². The smallest absolute Gasteiger partial charge is 0.260 e. The van der Waals surface area contributed by atoms with E-state index in [4.69, 9.17) is 0 Å². The Morgan fingerprint density at radius 2 is 1.74 bits per heavy atom. The van der Waals surface area contributed by atoms with Crippen molar-refractivity contribution >= 4 is 28.4 Å². The summed E-state index contributed by atoms with van der Waals surface area (Å²) >= 11 is 0. The molecule has 1 aliphatic heterocycles. The Hall–Kier alpha value is -3.16. The third kappa shape index (κ3) is 3.30. The second-order valence-electron chi connectivity index (χ2n) is 6.95. The number of rotatable bonds is 3. The summed E-state index contributed by atoms with van der Waals surface area (Å²) < 4.78 is 1.50. The fourth-order valence-corrected chi connectivity index (χ4v) is 3.32. The first kappa shape index (κ1) is 17.3. The van der Waals surface area contributed by atoms with Crippen LogP contribution in [0, 0.1) is 0 Å². The minimum atomic E-state index is -0.0168. The Morgan fingerprint density at radius 3 is 2.48 bits per heavy atom. The van der Waals surface area contributed by atoms with Crippen molar-refractivity contribution in [1.29, 1.82) is 0 Å². The van der Waals surface area contributed by atoms with Gasteiger partial charge in [-0.25, -0.2) is 9.97 Å². The largest absolute Gasteiger partial charge is 0.368 e. The normalized spacial score (nSPS) is 14.6. The molecule has 1 saturated heterocycles. The van der Waals surface area contributed by atoms with Crippen molar-refractivity contribution < 1.29 is 0 Å². The molecule has 1 aliphatic rings. The minimum absolute atomic E-state index is 0.0168. The molecule has 2 aromatic heterocycles. The molecule has 27 heavy (non-hydrogen) atoms. The average molecular weight is 365 g/mol. The second-order valence-corrected chi connectivity index (χ2v) is 6.95. The molecule has 3 heterocycles. The number of benzene rings is 1. The minimum Gasteiger partial charge on any atom is -0.368 e. The molecule has 3 aromatic rings. The standard InChI is InChI=1S/C19H23N7O/c1-23(2)19-20-7-6-17(22-19)26-10-8-25(9-11-26)14-4-5-15-16(12-14)21-13-24(3)18(15)27/h4-7,12-13H,8-11H2,1-3H3. The first-order chi connectivity index (χ1) is 13.0. The summed E-state index contributed by atoms with van der Waals surface area (Å²) in [4.78, 5) is 32.0. The molecule has 1 fully saturated rings. The number of hydrogen-bond donors (Lipinski definition) is 0. The van der Waals surface area contributed by atoms with Crippen molar-refractivity contribution in [1.82, 2.24) is 19.5 Å². The van der Waals surface area contributed by atoms with Gasteiger partial charge in [0.2, 0.25) is 5.95 Å². The highest BCUT2D eigenvalue weighted by Crippen LogP contribution is 2.22. The molecule has 0 aliphatic carbocycles. The van der Waals surface area contributed by atoms with Gasteiger partial charge in [-0.05, 0) is 24.3 Å². The molecule has 0 bridgehead atoms. The lowest BCUT2D eigenvalue weighted by Gasteiger charge is -2.36. The predicted molar refractivity (Wildman–Crippen MR) is 108 cm³/mol. The zero-order valence-corrected chi connectivity index (χ0v) is 15.8. The number of piperazine rings is 1. The lowest BCUT2D eigenvalue weighted by atomic mass is 10.2. The molecule has 0 radical (unpaired) electrons. The lowest BCUT2D eigenvalue weighted by Crippen LogP contribution is -2.47. The van der Waals surface area contributed by atoms with Crippen LogP contribution in [0.5, 0.6) is 0 Å². The highest BCUT2D eigenvalue weighted by molar-refractivity contribution is 5.81. The molecule has 0 atom stereocenters. The van der Waals surface area contributed by atoms with Crippen molar-refractivity contribution in [2.45, 2.75) is 0 Å². The van der Waals surface area contributed by atoms with Crippen LogP contribution in [0.3, 0.4) is 0 Å². The van der Waals surface area contributed by atoms with Gasteiger partial charge in [-0.15, -0.1) is 0 Å². The van der Waals surface area contributed by atoms with Gasteiger partial charge in [0.1, 0.15) is 5.82 Å². The van der Waals surface area contributed by atoms with E-state index in [0.29, 0.717) is 5.39 Å². The molecule has 0 N–H and O–H groups in total. The molecule has 4 rings (SSSR count). The van der Waals surface area contributed by atoms with Crippen LogP contribution in [0.25, 0.3) is 10.9 Å². The van der Waals surface area contributed by atoms with Gasteiger partial charge >= 0.3 is 0 Å². The third-order valence-corrected chi connectivity index (χ3v) is 4.90. The Morgan fingerprint density at radius 1 is 1.00 bits per heavy atom. The number of hydrogen-bond acceptors (Lipinski definition) is 7. The second kappa shape index (κ2) is 6.86. The molecule has 8 heteroatoms. The monoisotopic (exact) mass is 365 g/mol. The predicted octanol–water partition coefficient (Wildman–Crippen LogP) is 1.12. The van der Waals surface area contributed by atoms with Crippen LogP contribution in [-0.2, 0) is 7.05 Å². The van der Waals surface area contributed by atoms with Crippen LogP contribution >= 0.6 is 0 Å². The van der Waals surface area contributed by atoms with Gasteiger partial charge in [0, 0.05) is 59.2 Å². The van der Waals surface area contributed by atoms with E-state index >= 15 is 0 Å². The molecule has 0 spiro atoms. The van der Waals surface area contributed by atoms with Crippen LogP contribution in [-0.4, -0.2) is 59.8 Å². The highest BCUT2D eigenvalue weighted by atomic mass is 16.1. The van der Waals surface area contributed by atoms with E-state index in [2.05, 4.69) is 24.8 Å². The van der Waals surface area contributed by atoms with Crippen LogP contribution in [0.4, 0.5) is 17.5 Å². The fourth-order valence-electron chi connectivity index (χ4n) is 3.32. The van der Waals surface area contributed by atoms with Gasteiger partial charge < -0.3 is 19.3 Å². The van der Waals surface area contributed by atoms with E-state index in [9.17, 15) is 4.79 Å². The van der Waals surface area contributed by atoms with E-state index in [1.165, 1.54) is 4.57 Å². The molecule has 1 aromatic carbocycles. The first-order valence-electron chi connectivity index (χ1n) is 8.98. The summed E-state index contributed by atoms with van der Waals surface area (Å²) in [5.41, 5.74) is 1.82. The van der Waals surface area contributed by atoms with Crippen LogP contribution < -0.4 is 20.3 Å². The highest BCUT2D eigenvalue weighted by Gasteiger charge is 2.19. The van der Waals surface area contributed by atoms with Gasteiger partial charge in [-0.1, -0.05) is 0 Å². The van der Waals surface area contributed by atoms with Gasteiger partial charge in [0.05, 0.1) is 17.2 Å². The number of anilines is 3. The molecule has 140 valence electrons. The van der Waals surface area contributed by atoms with Gasteiger partial charge in [0.25, 0.3) is 5.56 Å². The number of nitrogens with zero attached hydrogens (tertiary/aromatic N) is 7. The topological polar surface area (TPSA) is 70.4 Å². The molecular formula is C19H23N7O. The number of aryl methyl sites for hydroxylation is 1. The Kier molecular flexibility index (Phi) is 4.39. The van der Waals surface area contributed by atoms with E-state index in [1.54, 1.807) is 19.6 Å². The van der Waals surface area contributed by atoms with Gasteiger partial charge in [-0.2, -0.15) is 4.98 Å². The quantitative estimate of drug-likeness (QED) is 0.689. The van der Waals surface area contributed by atoms with E-state index in [-0.39, 0.29) is 5.56 Å². The van der Waals surface area contributed by atoms with Crippen molar-refractivity contribution in [2.24, 2.45) is 7.05 Å². The first-order valence-corrected chi connectivity index (χ1v) is 8.98. The lowest BCUT2D eigenvalue weighted by molar-refractivity contribution is 0.646. The van der Waals surface area contributed by atoms with Crippen LogP contribution in [0.2, 0.25) is 0 Å². The maximum Gasteiger partial charge on any atom is 0.260 e. The summed E-state index contributed by atoms with van der Waals surface area (Å²) in [6.07, 6.45) is 3.38. The van der Waals surface area contributed by atoms with Crippen molar-refractivity contribution in [3.05, 3.63) is 47.1 Å². The SMILES string of the molecule is CN(C)c1nccc(N2CCN(c3ccc4c(=O)n(C)cnc4c3)CC2)n1. The molecular weight excluding hydrogens is 342 g/mol. The van der Waals surface area contributed by atoms with E-state index < -0.39 is 0 Å². The van der Waals surface area contributed by atoms with Gasteiger partial charge in [-0.3, -0.25) is 4.79 Å². The Bertz CT molecular complexity index is 1020. The summed E-state index contributed by atoms with van der Waals surface area (Å²) in [6, 6.07) is 7.84. The van der Waals surface area contributed by atoms with E-state index in [0.717, 1.165) is 49.1 Å². The zero-order chi connectivity index (χ0) is 19.0. The summed E-state index contributed by atoms with van der Waals surface area (Å²) in [5.74, 6) is 1.68. The molecule has 8 nitrogen and oxygen atoms in total. The zero-order valence-electron chi connectivity index (χ0n) is 15.8. The summed E-state index contributed by atoms with van der Waals surface area (Å²) in [5, 5.41) is 0.652. The van der Waals surface area contributed by atoms with Crippen molar-refractivity contribution in [2.75, 3.05) is 55.0 Å². The number of aromatic nitrogens is 4. The Balaban J connectivity index is 1.51.